The fourth-order valence-corrected chi connectivity index (χ4v) is 3.76. The average Bonchev–Trinajstić information content (AvgIpc) is 2.80. The maximum absolute atomic E-state index is 3.86. The van der Waals surface area contributed by atoms with E-state index in [1.165, 1.54) is 38.2 Å². The van der Waals surface area contributed by atoms with E-state index in [4.69, 9.17) is 0 Å². The highest BCUT2D eigenvalue weighted by Crippen LogP contribution is 2.28. The van der Waals surface area contributed by atoms with E-state index >= 15 is 0 Å². The smallest absolute Gasteiger partial charge is 0.00992 e. The number of fused-ring (bicyclic) bond motifs is 3. The van der Waals surface area contributed by atoms with Gasteiger partial charge >= 0.3 is 0 Å². The standard InChI is InChI=1S/C30H26/c1-3-8-23(4-2)11-13-25-15-17-27-19-20-28-18-16-26(22-30(28)29(27)21-25)14-12-24-9-6-5-7-10-24/h3-4,6,8-22H,1-2,5,7H2/b13-11+,14-12+,23-8+. The van der Waals surface area contributed by atoms with E-state index in [2.05, 4.69) is 104 Å². The molecule has 1 aliphatic rings. The Morgan fingerprint density at radius 3 is 2.03 bits per heavy atom. The number of hydrogen-bond acceptors (Lipinski definition) is 0. The van der Waals surface area contributed by atoms with E-state index in [1.807, 2.05) is 12.2 Å². The molecule has 3 aromatic carbocycles. The van der Waals surface area contributed by atoms with Crippen molar-refractivity contribution in [2.75, 3.05) is 0 Å². The quantitative estimate of drug-likeness (QED) is 0.294. The third-order valence-electron chi connectivity index (χ3n) is 5.39. The predicted molar refractivity (Wildman–Crippen MR) is 134 cm³/mol. The van der Waals surface area contributed by atoms with Crippen LogP contribution in [0.5, 0.6) is 0 Å². The monoisotopic (exact) mass is 386 g/mol. The third kappa shape index (κ3) is 4.50. The summed E-state index contributed by atoms with van der Waals surface area (Å²) in [4.78, 5) is 0. The van der Waals surface area contributed by atoms with Gasteiger partial charge in [0.2, 0.25) is 0 Å². The highest BCUT2D eigenvalue weighted by molar-refractivity contribution is 6.08. The minimum Gasteiger partial charge on any atom is -0.0990 e. The summed E-state index contributed by atoms with van der Waals surface area (Å²) in [6, 6.07) is 17.7. The summed E-state index contributed by atoms with van der Waals surface area (Å²) in [5, 5.41) is 5.07. The fraction of sp³-hybridized carbons (Fsp3) is 0.0667. The first-order valence-electron chi connectivity index (χ1n) is 10.4. The van der Waals surface area contributed by atoms with E-state index in [-0.39, 0.29) is 0 Å². The highest BCUT2D eigenvalue weighted by atomic mass is 14.1. The second-order valence-corrected chi connectivity index (χ2v) is 7.48. The van der Waals surface area contributed by atoms with Crippen molar-refractivity contribution in [3.63, 3.8) is 0 Å². The summed E-state index contributed by atoms with van der Waals surface area (Å²) in [7, 11) is 0. The molecule has 0 saturated carbocycles. The second kappa shape index (κ2) is 9.24. The van der Waals surface area contributed by atoms with Gasteiger partial charge in [0.05, 0.1) is 0 Å². The van der Waals surface area contributed by atoms with Gasteiger partial charge in [-0.15, -0.1) is 0 Å². The summed E-state index contributed by atoms with van der Waals surface area (Å²) >= 11 is 0. The zero-order valence-electron chi connectivity index (χ0n) is 17.2. The Morgan fingerprint density at radius 2 is 1.43 bits per heavy atom. The summed E-state index contributed by atoms with van der Waals surface area (Å²) in [6.45, 7) is 7.62. The zero-order valence-corrected chi connectivity index (χ0v) is 17.2. The lowest BCUT2D eigenvalue weighted by molar-refractivity contribution is 1.03. The van der Waals surface area contributed by atoms with Gasteiger partial charge in [-0.25, -0.2) is 0 Å². The van der Waals surface area contributed by atoms with Crippen LogP contribution < -0.4 is 0 Å². The fourth-order valence-electron chi connectivity index (χ4n) is 3.76. The molecular formula is C30H26. The molecule has 0 unspecified atom stereocenters. The first-order chi connectivity index (χ1) is 14.8. The summed E-state index contributed by atoms with van der Waals surface area (Å²) < 4.78 is 0. The van der Waals surface area contributed by atoms with Gasteiger partial charge in [-0.2, -0.15) is 0 Å². The van der Waals surface area contributed by atoms with E-state index in [0.29, 0.717) is 0 Å². The Bertz CT molecular complexity index is 1260. The Hall–Kier alpha value is -3.64. The van der Waals surface area contributed by atoms with Crippen molar-refractivity contribution in [2.45, 2.75) is 12.8 Å². The molecule has 0 heteroatoms. The first kappa shape index (κ1) is 19.7. The minimum atomic E-state index is 1.04. The van der Waals surface area contributed by atoms with Gasteiger partial charge in [0.25, 0.3) is 0 Å². The van der Waals surface area contributed by atoms with Gasteiger partial charge in [-0.1, -0.05) is 110 Å². The Morgan fingerprint density at radius 1 is 0.767 bits per heavy atom. The number of allylic oxidation sites excluding steroid dienone is 10. The number of hydrogen-bond donors (Lipinski definition) is 0. The molecule has 0 amide bonds. The SMILES string of the molecule is C=C/C=C(C=C)/C=C/c1ccc2ccc3ccc(/C=C/C4=CCCC=C4)cc3c2c1. The predicted octanol–water partition coefficient (Wildman–Crippen LogP) is 8.59. The van der Waals surface area contributed by atoms with E-state index in [9.17, 15) is 0 Å². The molecule has 30 heavy (non-hydrogen) atoms. The van der Waals surface area contributed by atoms with E-state index < -0.39 is 0 Å². The van der Waals surface area contributed by atoms with Crippen molar-refractivity contribution in [1.29, 1.82) is 0 Å². The topological polar surface area (TPSA) is 0 Å². The minimum absolute atomic E-state index is 1.04. The van der Waals surface area contributed by atoms with Crippen LogP contribution in [0.15, 0.2) is 121 Å². The first-order valence-corrected chi connectivity index (χ1v) is 10.4. The molecule has 0 atom stereocenters. The molecule has 0 radical (unpaired) electrons. The molecule has 0 bridgehead atoms. The van der Waals surface area contributed by atoms with Crippen LogP contribution >= 0.6 is 0 Å². The van der Waals surface area contributed by atoms with Crippen LogP contribution in [0.2, 0.25) is 0 Å². The average molecular weight is 387 g/mol. The highest BCUT2D eigenvalue weighted by Gasteiger charge is 2.03. The molecule has 3 aromatic rings. The summed E-state index contributed by atoms with van der Waals surface area (Å²) in [6.07, 6.45) is 23.2. The van der Waals surface area contributed by atoms with Crippen molar-refractivity contribution in [3.8, 4) is 0 Å². The van der Waals surface area contributed by atoms with E-state index in [1.54, 1.807) is 6.08 Å². The molecule has 0 saturated heterocycles. The van der Waals surface area contributed by atoms with Crippen LogP contribution in [0.25, 0.3) is 33.7 Å². The van der Waals surface area contributed by atoms with Gasteiger partial charge < -0.3 is 0 Å². The lowest BCUT2D eigenvalue weighted by Gasteiger charge is -2.07. The van der Waals surface area contributed by atoms with Crippen LogP contribution in [0.3, 0.4) is 0 Å². The zero-order chi connectivity index (χ0) is 20.8. The Labute approximate surface area is 179 Å². The van der Waals surface area contributed by atoms with Crippen molar-refractivity contribution >= 4 is 33.7 Å². The molecule has 0 spiro atoms. The summed E-state index contributed by atoms with van der Waals surface area (Å²) in [5.41, 5.74) is 4.72. The molecule has 0 N–H and O–H groups in total. The lowest BCUT2D eigenvalue weighted by Crippen LogP contribution is -1.83. The Balaban J connectivity index is 1.74. The Kier molecular flexibility index (Phi) is 6.06. The van der Waals surface area contributed by atoms with Crippen molar-refractivity contribution in [1.82, 2.24) is 0 Å². The van der Waals surface area contributed by atoms with Crippen LogP contribution in [-0.4, -0.2) is 0 Å². The second-order valence-electron chi connectivity index (χ2n) is 7.48. The lowest BCUT2D eigenvalue weighted by atomic mass is 9.97. The molecule has 0 aliphatic heterocycles. The van der Waals surface area contributed by atoms with Crippen molar-refractivity contribution < 1.29 is 0 Å². The van der Waals surface area contributed by atoms with Gasteiger partial charge in [-0.3, -0.25) is 0 Å². The molecule has 0 aromatic heterocycles. The van der Waals surface area contributed by atoms with Gasteiger partial charge in [0.15, 0.2) is 0 Å². The maximum atomic E-state index is 3.86. The maximum Gasteiger partial charge on any atom is -0.00992 e. The summed E-state index contributed by atoms with van der Waals surface area (Å²) in [5.74, 6) is 0. The molecule has 4 rings (SSSR count). The van der Waals surface area contributed by atoms with Gasteiger partial charge in [-0.05, 0) is 68.8 Å². The third-order valence-corrected chi connectivity index (χ3v) is 5.39. The normalized spacial score (nSPS) is 14.7. The van der Waals surface area contributed by atoms with Crippen LogP contribution in [0.1, 0.15) is 24.0 Å². The van der Waals surface area contributed by atoms with Crippen LogP contribution in [0, 0.1) is 0 Å². The van der Waals surface area contributed by atoms with Gasteiger partial charge in [0.1, 0.15) is 0 Å². The van der Waals surface area contributed by atoms with Crippen molar-refractivity contribution in [2.24, 2.45) is 0 Å². The largest absolute Gasteiger partial charge is 0.0990 e. The number of benzene rings is 3. The van der Waals surface area contributed by atoms with Crippen LogP contribution in [-0.2, 0) is 0 Å². The van der Waals surface area contributed by atoms with E-state index in [0.717, 1.165) is 18.4 Å². The molecule has 146 valence electrons. The van der Waals surface area contributed by atoms with Gasteiger partial charge in [0, 0.05) is 0 Å². The van der Waals surface area contributed by atoms with Crippen LogP contribution in [0.4, 0.5) is 0 Å². The molecule has 0 fully saturated rings. The van der Waals surface area contributed by atoms with Crippen molar-refractivity contribution in [3.05, 3.63) is 133 Å². The molecular weight excluding hydrogens is 360 g/mol. The molecule has 0 heterocycles. The molecule has 0 nitrogen and oxygen atoms in total. The number of rotatable bonds is 6. The molecule has 1 aliphatic carbocycles.